The quantitative estimate of drug-likeness (QED) is 0.730. The van der Waals surface area contributed by atoms with Gasteiger partial charge in [0.15, 0.2) is 0 Å². The molecule has 5 nitrogen and oxygen atoms in total. The highest BCUT2D eigenvalue weighted by Crippen LogP contribution is 2.21. The summed E-state index contributed by atoms with van der Waals surface area (Å²) < 4.78 is 0. The Labute approximate surface area is 121 Å². The van der Waals surface area contributed by atoms with E-state index < -0.39 is 0 Å². The summed E-state index contributed by atoms with van der Waals surface area (Å²) in [5, 5.41) is 6.02. The van der Waals surface area contributed by atoms with Gasteiger partial charge in [0.05, 0.1) is 0 Å². The van der Waals surface area contributed by atoms with Gasteiger partial charge in [0.25, 0.3) is 0 Å². The van der Waals surface area contributed by atoms with Gasteiger partial charge in [-0.2, -0.15) is 0 Å². The highest BCUT2D eigenvalue weighted by molar-refractivity contribution is 5.79. The number of rotatable bonds is 6. The Morgan fingerprint density at radius 1 is 1.10 bits per heavy atom. The predicted octanol–water partition coefficient (Wildman–Crippen LogP) is 1.88. The van der Waals surface area contributed by atoms with Crippen LogP contribution in [0, 0.1) is 5.92 Å². The number of unbranched alkanes of at least 4 members (excludes halogenated alkanes) is 2. The average Bonchev–Trinajstić information content (AvgIpc) is 3.27. The number of piperidine rings is 1. The topological polar surface area (TPSA) is 61.4 Å². The number of urea groups is 1. The van der Waals surface area contributed by atoms with E-state index in [0.29, 0.717) is 19.1 Å². The summed E-state index contributed by atoms with van der Waals surface area (Å²) in [6.07, 6.45) is 7.20. The van der Waals surface area contributed by atoms with E-state index in [1.165, 1.54) is 12.8 Å². The Hall–Kier alpha value is -1.26. The van der Waals surface area contributed by atoms with Gasteiger partial charge in [-0.15, -0.1) is 0 Å². The maximum absolute atomic E-state index is 12.0. The number of nitrogens with zero attached hydrogens (tertiary/aromatic N) is 1. The van der Waals surface area contributed by atoms with Crippen LogP contribution < -0.4 is 10.6 Å². The monoisotopic (exact) mass is 281 g/mol. The molecule has 5 heteroatoms. The maximum Gasteiger partial charge on any atom is 0.317 e. The average molecular weight is 281 g/mol. The largest absolute Gasteiger partial charge is 0.356 e. The molecule has 0 bridgehead atoms. The molecule has 0 radical (unpaired) electrons. The fraction of sp³-hybridized carbons (Fsp3) is 0.867. The summed E-state index contributed by atoms with van der Waals surface area (Å²) in [4.78, 5) is 25.7. The highest BCUT2D eigenvalue weighted by Gasteiger charge is 2.30. The second-order valence-corrected chi connectivity index (χ2v) is 5.98. The van der Waals surface area contributed by atoms with Crippen LogP contribution in [-0.4, -0.2) is 42.5 Å². The SMILES string of the molecule is CCCCCNC(=O)C1CCN(C(=O)NC2CC2)CC1. The Bertz CT molecular complexity index is 334. The molecular formula is C15H27N3O2. The molecule has 2 fully saturated rings. The summed E-state index contributed by atoms with van der Waals surface area (Å²) in [5.41, 5.74) is 0. The molecule has 2 N–H and O–H groups in total. The lowest BCUT2D eigenvalue weighted by molar-refractivity contribution is -0.126. The molecule has 0 aromatic carbocycles. The molecule has 20 heavy (non-hydrogen) atoms. The summed E-state index contributed by atoms with van der Waals surface area (Å²) >= 11 is 0. The first-order valence-corrected chi connectivity index (χ1v) is 8.04. The van der Waals surface area contributed by atoms with Gasteiger partial charge in [0.2, 0.25) is 5.91 Å². The third-order valence-electron chi connectivity index (χ3n) is 4.14. The van der Waals surface area contributed by atoms with Gasteiger partial charge >= 0.3 is 6.03 Å². The second-order valence-electron chi connectivity index (χ2n) is 5.98. The van der Waals surface area contributed by atoms with Gasteiger partial charge in [0, 0.05) is 31.6 Å². The van der Waals surface area contributed by atoms with E-state index in [-0.39, 0.29) is 17.9 Å². The molecule has 3 amide bonds. The third kappa shape index (κ3) is 4.69. The number of carbonyl (C=O) groups excluding carboxylic acids is 2. The van der Waals surface area contributed by atoms with Crippen molar-refractivity contribution in [1.29, 1.82) is 0 Å². The molecule has 1 aliphatic carbocycles. The standard InChI is InChI=1S/C15H27N3O2/c1-2-3-4-9-16-14(19)12-7-10-18(11-8-12)15(20)17-13-5-6-13/h12-13H,2-11H2,1H3,(H,16,19)(H,17,20). The summed E-state index contributed by atoms with van der Waals surface area (Å²) in [6, 6.07) is 0.455. The number of hydrogen-bond donors (Lipinski definition) is 2. The van der Waals surface area contributed by atoms with Gasteiger partial charge < -0.3 is 15.5 Å². The molecule has 0 aromatic rings. The van der Waals surface area contributed by atoms with E-state index in [1.54, 1.807) is 0 Å². The molecule has 1 saturated heterocycles. The second kappa shape index (κ2) is 7.50. The van der Waals surface area contributed by atoms with E-state index >= 15 is 0 Å². The van der Waals surface area contributed by atoms with E-state index in [1.807, 2.05) is 4.90 Å². The van der Waals surface area contributed by atoms with Gasteiger partial charge in [-0.1, -0.05) is 19.8 Å². The minimum Gasteiger partial charge on any atom is -0.356 e. The molecule has 0 aromatic heterocycles. The zero-order valence-electron chi connectivity index (χ0n) is 12.5. The first-order valence-electron chi connectivity index (χ1n) is 8.04. The first kappa shape index (κ1) is 15.1. The Morgan fingerprint density at radius 2 is 1.80 bits per heavy atom. The number of likely N-dealkylation sites (tertiary alicyclic amines) is 1. The summed E-state index contributed by atoms with van der Waals surface area (Å²) in [7, 11) is 0. The minimum atomic E-state index is 0.0503. The molecule has 2 aliphatic rings. The van der Waals surface area contributed by atoms with E-state index in [2.05, 4.69) is 17.6 Å². The number of amides is 3. The molecule has 0 spiro atoms. The van der Waals surface area contributed by atoms with Crippen LogP contribution in [0.1, 0.15) is 51.9 Å². The van der Waals surface area contributed by atoms with Crippen LogP contribution in [-0.2, 0) is 4.79 Å². The fourth-order valence-electron chi connectivity index (χ4n) is 2.57. The Kier molecular flexibility index (Phi) is 5.68. The number of hydrogen-bond acceptors (Lipinski definition) is 2. The van der Waals surface area contributed by atoms with Crippen molar-refractivity contribution in [3.05, 3.63) is 0 Å². The molecule has 2 rings (SSSR count). The van der Waals surface area contributed by atoms with Crippen LogP contribution in [0.25, 0.3) is 0 Å². The van der Waals surface area contributed by atoms with Crippen molar-refractivity contribution in [3.8, 4) is 0 Å². The highest BCUT2D eigenvalue weighted by atomic mass is 16.2. The molecular weight excluding hydrogens is 254 g/mol. The minimum absolute atomic E-state index is 0.0503. The van der Waals surface area contributed by atoms with Crippen molar-refractivity contribution in [2.45, 2.75) is 57.9 Å². The van der Waals surface area contributed by atoms with Gasteiger partial charge in [-0.25, -0.2) is 4.79 Å². The van der Waals surface area contributed by atoms with Crippen LogP contribution in [0.4, 0.5) is 4.79 Å². The lowest BCUT2D eigenvalue weighted by Gasteiger charge is -2.31. The van der Waals surface area contributed by atoms with Gasteiger partial charge in [-0.3, -0.25) is 4.79 Å². The van der Waals surface area contributed by atoms with Crippen LogP contribution >= 0.6 is 0 Å². The van der Waals surface area contributed by atoms with Crippen molar-refractivity contribution in [2.24, 2.45) is 5.92 Å². The van der Waals surface area contributed by atoms with Crippen LogP contribution in [0.5, 0.6) is 0 Å². The normalized spacial score (nSPS) is 19.8. The Morgan fingerprint density at radius 3 is 2.40 bits per heavy atom. The summed E-state index contributed by atoms with van der Waals surface area (Å²) in [6.45, 7) is 4.34. The van der Waals surface area contributed by atoms with Crippen molar-refractivity contribution < 1.29 is 9.59 Å². The molecule has 1 saturated carbocycles. The Balaban J connectivity index is 1.62. The smallest absolute Gasteiger partial charge is 0.317 e. The van der Waals surface area contributed by atoms with Crippen LogP contribution in [0.3, 0.4) is 0 Å². The fourth-order valence-corrected chi connectivity index (χ4v) is 2.57. The zero-order valence-corrected chi connectivity index (χ0v) is 12.5. The molecule has 0 unspecified atom stereocenters. The van der Waals surface area contributed by atoms with E-state index in [0.717, 1.165) is 38.6 Å². The maximum atomic E-state index is 12.0. The van der Waals surface area contributed by atoms with Crippen LogP contribution in [0.15, 0.2) is 0 Å². The molecule has 1 aliphatic heterocycles. The lowest BCUT2D eigenvalue weighted by atomic mass is 9.96. The van der Waals surface area contributed by atoms with Crippen molar-refractivity contribution >= 4 is 11.9 Å². The van der Waals surface area contributed by atoms with E-state index in [4.69, 9.17) is 0 Å². The number of carbonyl (C=O) groups is 2. The summed E-state index contributed by atoms with van der Waals surface area (Å²) in [5.74, 6) is 0.255. The first-order chi connectivity index (χ1) is 9.70. The van der Waals surface area contributed by atoms with Crippen LogP contribution in [0.2, 0.25) is 0 Å². The van der Waals surface area contributed by atoms with Gasteiger partial charge in [-0.05, 0) is 32.1 Å². The van der Waals surface area contributed by atoms with Crippen molar-refractivity contribution in [3.63, 3.8) is 0 Å². The van der Waals surface area contributed by atoms with Gasteiger partial charge in [0.1, 0.15) is 0 Å². The zero-order chi connectivity index (χ0) is 14.4. The third-order valence-corrected chi connectivity index (χ3v) is 4.14. The molecule has 114 valence electrons. The molecule has 0 atom stereocenters. The van der Waals surface area contributed by atoms with Crippen molar-refractivity contribution in [1.82, 2.24) is 15.5 Å². The van der Waals surface area contributed by atoms with Crippen molar-refractivity contribution in [2.75, 3.05) is 19.6 Å². The van der Waals surface area contributed by atoms with E-state index in [9.17, 15) is 9.59 Å². The lowest BCUT2D eigenvalue weighted by Crippen LogP contribution is -2.47. The predicted molar refractivity (Wildman–Crippen MR) is 78.4 cm³/mol. The molecule has 1 heterocycles. The number of nitrogens with one attached hydrogen (secondary N) is 2.